The average molecular weight is 177 g/mol. The third kappa shape index (κ3) is 1.54. The second kappa shape index (κ2) is 2.83. The molecule has 1 fully saturated rings. The minimum Gasteiger partial charge on any atom is -0.477 e. The molecule has 1 heterocycles. The second-order valence-electron chi connectivity index (χ2n) is 3.48. The molecule has 1 N–H and O–H groups in total. The van der Waals surface area contributed by atoms with Gasteiger partial charge >= 0.3 is 5.97 Å². The Morgan fingerprint density at radius 2 is 2.23 bits per heavy atom. The minimum absolute atomic E-state index is 0.199. The monoisotopic (exact) mass is 177 g/mol. The van der Waals surface area contributed by atoms with Crippen molar-refractivity contribution in [1.82, 2.24) is 4.98 Å². The minimum atomic E-state index is -0.931. The summed E-state index contributed by atoms with van der Waals surface area (Å²) in [5, 5.41) is 8.83. The molecule has 0 unspecified atom stereocenters. The molecule has 0 bridgehead atoms. The summed E-state index contributed by atoms with van der Waals surface area (Å²) in [5.74, 6) is -0.418. The maximum Gasteiger partial charge on any atom is 0.354 e. The predicted octanol–water partition coefficient (Wildman–Crippen LogP) is 1.97. The van der Waals surface area contributed by atoms with Crippen LogP contribution in [0.25, 0.3) is 0 Å². The summed E-state index contributed by atoms with van der Waals surface area (Å²) in [6.07, 6.45) is 2.30. The average Bonchev–Trinajstić information content (AvgIpc) is 2.87. The molecule has 0 saturated heterocycles. The Morgan fingerprint density at radius 1 is 1.54 bits per heavy atom. The lowest BCUT2D eigenvalue weighted by Crippen LogP contribution is -2.05. The zero-order valence-corrected chi connectivity index (χ0v) is 7.45. The maximum atomic E-state index is 10.8. The number of carboxylic acids is 1. The molecule has 1 aromatic rings. The quantitative estimate of drug-likeness (QED) is 0.751. The number of nitrogens with zero attached hydrogens (tertiary/aromatic N) is 1. The molecule has 1 aliphatic rings. The molecule has 3 heteroatoms. The first-order chi connectivity index (χ1) is 6.18. The van der Waals surface area contributed by atoms with Crippen LogP contribution in [0.1, 0.15) is 40.5 Å². The highest BCUT2D eigenvalue weighted by Gasteiger charge is 2.26. The number of hydrogen-bond acceptors (Lipinski definition) is 2. The van der Waals surface area contributed by atoms with Crippen LogP contribution in [0.3, 0.4) is 0 Å². The van der Waals surface area contributed by atoms with E-state index in [1.807, 2.05) is 12.1 Å². The van der Waals surface area contributed by atoms with Gasteiger partial charge in [0.15, 0.2) is 5.69 Å². The van der Waals surface area contributed by atoms with E-state index in [4.69, 9.17) is 5.11 Å². The molecule has 0 atom stereocenters. The van der Waals surface area contributed by atoms with Gasteiger partial charge in [-0.1, -0.05) is 6.07 Å². The van der Waals surface area contributed by atoms with Crippen LogP contribution in [0, 0.1) is 6.92 Å². The Balaban J connectivity index is 2.41. The number of aromatic nitrogens is 1. The first kappa shape index (κ1) is 8.23. The van der Waals surface area contributed by atoms with Crippen LogP contribution in [-0.4, -0.2) is 16.1 Å². The highest BCUT2D eigenvalue weighted by molar-refractivity contribution is 5.87. The Kier molecular flexibility index (Phi) is 1.79. The Bertz CT molecular complexity index is 356. The van der Waals surface area contributed by atoms with Gasteiger partial charge in [0.2, 0.25) is 0 Å². The van der Waals surface area contributed by atoms with Crippen molar-refractivity contribution < 1.29 is 9.90 Å². The van der Waals surface area contributed by atoms with Crippen LogP contribution < -0.4 is 0 Å². The van der Waals surface area contributed by atoms with Crippen LogP contribution in [0.2, 0.25) is 0 Å². The number of aryl methyl sites for hydroxylation is 1. The summed E-state index contributed by atoms with van der Waals surface area (Å²) in [7, 11) is 0. The summed E-state index contributed by atoms with van der Waals surface area (Å²) in [4.78, 5) is 14.9. The van der Waals surface area contributed by atoms with Crippen LogP contribution in [0.15, 0.2) is 12.1 Å². The van der Waals surface area contributed by atoms with Gasteiger partial charge in [-0.2, -0.15) is 0 Å². The van der Waals surface area contributed by atoms with Gasteiger partial charge in [0, 0.05) is 11.6 Å². The lowest BCUT2D eigenvalue weighted by Gasteiger charge is -2.02. The van der Waals surface area contributed by atoms with E-state index in [2.05, 4.69) is 4.98 Å². The molecule has 1 aromatic heterocycles. The summed E-state index contributed by atoms with van der Waals surface area (Å²) >= 11 is 0. The molecule has 0 aromatic carbocycles. The fourth-order valence-electron chi connectivity index (χ4n) is 1.37. The molecule has 0 spiro atoms. The highest BCUT2D eigenvalue weighted by atomic mass is 16.4. The normalized spacial score (nSPS) is 15.8. The number of aromatic carboxylic acids is 1. The van der Waals surface area contributed by atoms with Gasteiger partial charge in [-0.15, -0.1) is 0 Å². The van der Waals surface area contributed by atoms with E-state index in [0.717, 1.165) is 24.1 Å². The van der Waals surface area contributed by atoms with Gasteiger partial charge in [-0.3, -0.25) is 0 Å². The molecule has 3 nitrogen and oxygen atoms in total. The number of hydrogen-bond donors (Lipinski definition) is 1. The van der Waals surface area contributed by atoms with Crippen LogP contribution in [0.4, 0.5) is 0 Å². The standard InChI is InChI=1S/C10H11NO2/c1-6-2-5-8(7-3-4-7)11-9(6)10(12)13/h2,5,7H,3-4H2,1H3,(H,12,13). The lowest BCUT2D eigenvalue weighted by atomic mass is 10.1. The van der Waals surface area contributed by atoms with Crippen molar-refractivity contribution in [3.8, 4) is 0 Å². The first-order valence-electron chi connectivity index (χ1n) is 4.39. The molecule has 0 radical (unpaired) electrons. The molecule has 1 saturated carbocycles. The molecular formula is C10H11NO2. The van der Waals surface area contributed by atoms with Gasteiger partial charge in [-0.05, 0) is 31.4 Å². The van der Waals surface area contributed by atoms with Gasteiger partial charge in [0.05, 0.1) is 0 Å². The fourth-order valence-corrected chi connectivity index (χ4v) is 1.37. The molecule has 0 amide bonds. The zero-order chi connectivity index (χ0) is 9.42. The van der Waals surface area contributed by atoms with E-state index in [1.165, 1.54) is 0 Å². The van der Waals surface area contributed by atoms with Gasteiger partial charge < -0.3 is 5.11 Å². The Hall–Kier alpha value is -1.38. The molecule has 0 aliphatic heterocycles. The van der Waals surface area contributed by atoms with Crippen molar-refractivity contribution in [2.24, 2.45) is 0 Å². The molecule has 13 heavy (non-hydrogen) atoms. The van der Waals surface area contributed by atoms with Crippen molar-refractivity contribution in [3.63, 3.8) is 0 Å². The molecule has 2 rings (SSSR count). The van der Waals surface area contributed by atoms with Gasteiger partial charge in [0.25, 0.3) is 0 Å². The largest absolute Gasteiger partial charge is 0.477 e. The highest BCUT2D eigenvalue weighted by Crippen LogP contribution is 2.39. The van der Waals surface area contributed by atoms with E-state index in [1.54, 1.807) is 6.92 Å². The van der Waals surface area contributed by atoms with Gasteiger partial charge in [0.1, 0.15) is 0 Å². The van der Waals surface area contributed by atoms with Gasteiger partial charge in [-0.25, -0.2) is 9.78 Å². The summed E-state index contributed by atoms with van der Waals surface area (Å²) in [6.45, 7) is 1.77. The third-order valence-corrected chi connectivity index (χ3v) is 2.32. The van der Waals surface area contributed by atoms with Crippen LogP contribution in [0.5, 0.6) is 0 Å². The SMILES string of the molecule is Cc1ccc(C2CC2)nc1C(=O)O. The molecule has 68 valence electrons. The van der Waals surface area contributed by atoms with Crippen molar-refractivity contribution in [2.45, 2.75) is 25.7 Å². The van der Waals surface area contributed by atoms with E-state index in [0.29, 0.717) is 5.92 Å². The van der Waals surface area contributed by atoms with Crippen molar-refractivity contribution >= 4 is 5.97 Å². The number of rotatable bonds is 2. The third-order valence-electron chi connectivity index (χ3n) is 2.32. The first-order valence-corrected chi connectivity index (χ1v) is 4.39. The number of carboxylic acid groups (broad SMARTS) is 1. The van der Waals surface area contributed by atoms with E-state index >= 15 is 0 Å². The Labute approximate surface area is 76.4 Å². The number of pyridine rings is 1. The van der Waals surface area contributed by atoms with E-state index in [9.17, 15) is 4.79 Å². The lowest BCUT2D eigenvalue weighted by molar-refractivity contribution is 0.0689. The van der Waals surface area contributed by atoms with Crippen molar-refractivity contribution in [1.29, 1.82) is 0 Å². The summed E-state index contributed by atoms with van der Waals surface area (Å²) in [5.41, 5.74) is 1.87. The molecular weight excluding hydrogens is 166 g/mol. The van der Waals surface area contributed by atoms with Crippen molar-refractivity contribution in [3.05, 3.63) is 29.1 Å². The molecule has 1 aliphatic carbocycles. The second-order valence-corrected chi connectivity index (χ2v) is 3.48. The van der Waals surface area contributed by atoms with Crippen LogP contribution >= 0.6 is 0 Å². The Morgan fingerprint density at radius 3 is 2.77 bits per heavy atom. The maximum absolute atomic E-state index is 10.8. The smallest absolute Gasteiger partial charge is 0.354 e. The van der Waals surface area contributed by atoms with E-state index in [-0.39, 0.29) is 5.69 Å². The summed E-state index contributed by atoms with van der Waals surface area (Å²) < 4.78 is 0. The summed E-state index contributed by atoms with van der Waals surface area (Å²) in [6, 6.07) is 3.77. The topological polar surface area (TPSA) is 50.2 Å². The van der Waals surface area contributed by atoms with Crippen LogP contribution in [-0.2, 0) is 0 Å². The van der Waals surface area contributed by atoms with E-state index < -0.39 is 5.97 Å². The number of carbonyl (C=O) groups is 1. The predicted molar refractivity (Wildman–Crippen MR) is 47.9 cm³/mol. The van der Waals surface area contributed by atoms with Crippen molar-refractivity contribution in [2.75, 3.05) is 0 Å². The fraction of sp³-hybridized carbons (Fsp3) is 0.400. The zero-order valence-electron chi connectivity index (χ0n) is 7.45.